The lowest BCUT2D eigenvalue weighted by molar-refractivity contribution is -0.223. The van der Waals surface area contributed by atoms with Gasteiger partial charge in [-0.15, -0.1) is 0 Å². The first-order chi connectivity index (χ1) is 13.7. The van der Waals surface area contributed by atoms with Crippen LogP contribution < -0.4 is 0 Å². The molecule has 0 aromatic heterocycles. The molecule has 0 radical (unpaired) electrons. The van der Waals surface area contributed by atoms with Gasteiger partial charge >= 0.3 is 0 Å². The van der Waals surface area contributed by atoms with Crippen molar-refractivity contribution in [3.8, 4) is 0 Å². The van der Waals surface area contributed by atoms with Gasteiger partial charge in [-0.1, -0.05) is 35.9 Å². The molecule has 3 aliphatic rings. The average Bonchev–Trinajstić information content (AvgIpc) is 2.75. The number of hydrogen-bond acceptors (Lipinski definition) is 2. The minimum atomic E-state index is 0.0445. The second-order valence-corrected chi connectivity index (χ2v) is 9.60. The Kier molecular flexibility index (Phi) is 7.14. The van der Waals surface area contributed by atoms with Gasteiger partial charge in [0.2, 0.25) is 0 Å². The Morgan fingerprint density at radius 1 is 0.786 bits per heavy atom. The standard InChI is InChI=1S/C25H35ClO2/c1-2-3-18-16-27-25(28-17-18)23-10-8-21(9-11-23)19-4-6-20(7-5-19)22-12-14-24(26)15-13-22/h2-3,12-15,18-21,23,25H,4-11,16-17H2,1H3/b3-2+. The van der Waals surface area contributed by atoms with Crippen molar-refractivity contribution in [1.82, 2.24) is 0 Å². The van der Waals surface area contributed by atoms with Crippen molar-refractivity contribution >= 4 is 11.6 Å². The smallest absolute Gasteiger partial charge is 0.160 e. The molecule has 1 aliphatic heterocycles. The van der Waals surface area contributed by atoms with Crippen LogP contribution in [0.5, 0.6) is 0 Å². The third-order valence-corrected chi connectivity index (χ3v) is 7.65. The number of ether oxygens (including phenoxy) is 2. The molecule has 3 heteroatoms. The number of halogens is 1. The first-order valence-corrected chi connectivity index (χ1v) is 11.7. The maximum atomic E-state index is 6.05. The van der Waals surface area contributed by atoms with E-state index in [2.05, 4.69) is 31.2 Å². The molecule has 2 aliphatic carbocycles. The van der Waals surface area contributed by atoms with Crippen LogP contribution in [-0.2, 0) is 9.47 Å². The van der Waals surface area contributed by atoms with Crippen LogP contribution in [0.1, 0.15) is 69.8 Å². The lowest BCUT2D eigenvalue weighted by Crippen LogP contribution is -2.38. The summed E-state index contributed by atoms with van der Waals surface area (Å²) in [6.07, 6.45) is 15.1. The first-order valence-electron chi connectivity index (χ1n) is 11.3. The number of rotatable bonds is 4. The molecule has 0 spiro atoms. The molecule has 1 saturated heterocycles. The second-order valence-electron chi connectivity index (χ2n) is 9.16. The molecule has 1 aromatic carbocycles. The second kappa shape index (κ2) is 9.78. The first kappa shape index (κ1) is 20.4. The summed E-state index contributed by atoms with van der Waals surface area (Å²) in [5.41, 5.74) is 1.48. The molecular weight excluding hydrogens is 368 g/mol. The van der Waals surface area contributed by atoms with Gasteiger partial charge in [-0.2, -0.15) is 0 Å². The molecule has 3 fully saturated rings. The molecule has 0 amide bonds. The highest BCUT2D eigenvalue weighted by Crippen LogP contribution is 2.45. The normalized spacial score (nSPS) is 37.2. The molecule has 28 heavy (non-hydrogen) atoms. The lowest BCUT2D eigenvalue weighted by Gasteiger charge is -2.41. The van der Waals surface area contributed by atoms with Crippen molar-refractivity contribution in [1.29, 1.82) is 0 Å². The number of benzene rings is 1. The Morgan fingerprint density at radius 2 is 1.32 bits per heavy atom. The average molecular weight is 403 g/mol. The van der Waals surface area contributed by atoms with E-state index in [4.69, 9.17) is 21.1 Å². The summed E-state index contributed by atoms with van der Waals surface area (Å²) >= 11 is 6.04. The van der Waals surface area contributed by atoms with Crippen molar-refractivity contribution in [2.45, 2.75) is 70.5 Å². The number of hydrogen-bond donors (Lipinski definition) is 0. The van der Waals surface area contributed by atoms with Crippen LogP contribution in [0.3, 0.4) is 0 Å². The Hall–Kier alpha value is -0.830. The minimum absolute atomic E-state index is 0.0445. The van der Waals surface area contributed by atoms with Gasteiger partial charge in [0.05, 0.1) is 13.2 Å². The van der Waals surface area contributed by atoms with Gasteiger partial charge < -0.3 is 9.47 Å². The van der Waals surface area contributed by atoms with Gasteiger partial charge in [0.25, 0.3) is 0 Å². The molecular formula is C25H35ClO2. The van der Waals surface area contributed by atoms with Crippen LogP contribution in [0.15, 0.2) is 36.4 Å². The zero-order valence-electron chi connectivity index (χ0n) is 17.2. The maximum absolute atomic E-state index is 6.05. The Balaban J connectivity index is 1.20. The van der Waals surface area contributed by atoms with E-state index in [0.29, 0.717) is 11.8 Å². The van der Waals surface area contributed by atoms with Crippen LogP contribution >= 0.6 is 11.6 Å². The van der Waals surface area contributed by atoms with E-state index >= 15 is 0 Å². The third kappa shape index (κ3) is 5.01. The van der Waals surface area contributed by atoms with Gasteiger partial charge in [-0.25, -0.2) is 0 Å². The van der Waals surface area contributed by atoms with E-state index in [-0.39, 0.29) is 6.29 Å². The highest BCUT2D eigenvalue weighted by Gasteiger charge is 2.35. The molecule has 0 N–H and O–H groups in total. The zero-order chi connectivity index (χ0) is 19.3. The van der Waals surface area contributed by atoms with Gasteiger partial charge in [0.15, 0.2) is 6.29 Å². The molecule has 2 nitrogen and oxygen atoms in total. The molecule has 0 unspecified atom stereocenters. The highest BCUT2D eigenvalue weighted by molar-refractivity contribution is 6.30. The van der Waals surface area contributed by atoms with Gasteiger partial charge in [-0.05, 0) is 93.7 Å². The van der Waals surface area contributed by atoms with E-state index in [1.54, 1.807) is 0 Å². The Morgan fingerprint density at radius 3 is 1.89 bits per heavy atom. The van der Waals surface area contributed by atoms with Gasteiger partial charge in [0, 0.05) is 16.9 Å². The monoisotopic (exact) mass is 402 g/mol. The summed E-state index contributed by atoms with van der Waals surface area (Å²) in [5, 5.41) is 0.845. The lowest BCUT2D eigenvalue weighted by atomic mass is 9.68. The summed E-state index contributed by atoms with van der Waals surface area (Å²) in [7, 11) is 0. The van der Waals surface area contributed by atoms with Crippen LogP contribution in [0.2, 0.25) is 5.02 Å². The fourth-order valence-electron chi connectivity index (χ4n) is 5.74. The summed E-state index contributed by atoms with van der Waals surface area (Å²) < 4.78 is 12.1. The quantitative estimate of drug-likeness (QED) is 0.505. The van der Waals surface area contributed by atoms with Gasteiger partial charge in [-0.3, -0.25) is 0 Å². The minimum Gasteiger partial charge on any atom is -0.352 e. The molecule has 0 bridgehead atoms. The molecule has 2 saturated carbocycles. The van der Waals surface area contributed by atoms with Crippen molar-refractivity contribution in [3.05, 3.63) is 47.0 Å². The maximum Gasteiger partial charge on any atom is 0.160 e. The summed E-state index contributed by atoms with van der Waals surface area (Å²) in [6, 6.07) is 8.54. The molecule has 0 atom stereocenters. The molecule has 1 heterocycles. The van der Waals surface area contributed by atoms with Crippen LogP contribution in [0, 0.1) is 23.7 Å². The molecule has 1 aromatic rings. The molecule has 4 rings (SSSR count). The summed E-state index contributed by atoms with van der Waals surface area (Å²) in [5.74, 6) is 3.62. The van der Waals surface area contributed by atoms with Crippen molar-refractivity contribution in [2.75, 3.05) is 13.2 Å². The van der Waals surface area contributed by atoms with E-state index in [1.807, 2.05) is 12.1 Å². The van der Waals surface area contributed by atoms with E-state index in [1.165, 1.54) is 56.9 Å². The summed E-state index contributed by atoms with van der Waals surface area (Å²) in [4.78, 5) is 0. The molecule has 154 valence electrons. The van der Waals surface area contributed by atoms with Crippen molar-refractivity contribution < 1.29 is 9.47 Å². The Bertz CT molecular complexity index is 616. The fourth-order valence-corrected chi connectivity index (χ4v) is 5.86. The topological polar surface area (TPSA) is 18.5 Å². The van der Waals surface area contributed by atoms with E-state index in [9.17, 15) is 0 Å². The third-order valence-electron chi connectivity index (χ3n) is 7.40. The number of allylic oxidation sites excluding steroid dienone is 1. The highest BCUT2D eigenvalue weighted by atomic mass is 35.5. The van der Waals surface area contributed by atoms with Crippen LogP contribution in [0.25, 0.3) is 0 Å². The van der Waals surface area contributed by atoms with Crippen LogP contribution in [0.4, 0.5) is 0 Å². The van der Waals surface area contributed by atoms with E-state index in [0.717, 1.165) is 36.0 Å². The predicted octanol–water partition coefficient (Wildman–Crippen LogP) is 6.99. The Labute approximate surface area is 175 Å². The predicted molar refractivity (Wildman–Crippen MR) is 116 cm³/mol. The van der Waals surface area contributed by atoms with Crippen LogP contribution in [-0.4, -0.2) is 19.5 Å². The largest absolute Gasteiger partial charge is 0.352 e. The zero-order valence-corrected chi connectivity index (χ0v) is 17.9. The summed E-state index contributed by atoms with van der Waals surface area (Å²) in [6.45, 7) is 3.71. The van der Waals surface area contributed by atoms with Crippen molar-refractivity contribution in [3.63, 3.8) is 0 Å². The van der Waals surface area contributed by atoms with Crippen molar-refractivity contribution in [2.24, 2.45) is 23.7 Å². The fraction of sp³-hybridized carbons (Fsp3) is 0.680. The SMILES string of the molecule is C/C=C/C1COC(C2CCC(C3CCC(c4ccc(Cl)cc4)CC3)CC2)OC1. The van der Waals surface area contributed by atoms with E-state index < -0.39 is 0 Å². The van der Waals surface area contributed by atoms with Gasteiger partial charge in [0.1, 0.15) is 0 Å².